The molecule has 0 amide bonds. The van der Waals surface area contributed by atoms with Crippen LogP contribution in [0.15, 0.2) is 0 Å². The molecule has 0 saturated carbocycles. The predicted octanol–water partition coefficient (Wildman–Crippen LogP) is 0.414. The van der Waals surface area contributed by atoms with Gasteiger partial charge in [0, 0.05) is 26.4 Å². The minimum absolute atomic E-state index is 0.268. The zero-order chi connectivity index (χ0) is 20.7. The standard InChI is InChI=1S/3C5H15NSi.BH3O3/c3*1-7(2)5-3-4-6;2-1(3)4/h3*7H,3-6H2,1-2H3;2-4H. The van der Waals surface area contributed by atoms with Gasteiger partial charge in [-0.15, -0.1) is 0 Å². The van der Waals surface area contributed by atoms with Gasteiger partial charge in [-0.05, 0) is 38.9 Å². The van der Waals surface area contributed by atoms with E-state index in [-0.39, 0.29) is 26.4 Å². The molecule has 25 heavy (non-hydrogen) atoms. The maximum atomic E-state index is 7.17. The van der Waals surface area contributed by atoms with Gasteiger partial charge in [-0.25, -0.2) is 0 Å². The van der Waals surface area contributed by atoms with Crippen molar-refractivity contribution in [2.45, 2.75) is 76.7 Å². The van der Waals surface area contributed by atoms with Crippen molar-refractivity contribution in [2.75, 3.05) is 19.6 Å². The van der Waals surface area contributed by atoms with Crippen molar-refractivity contribution in [3.8, 4) is 0 Å². The largest absolute Gasteiger partial charge is 0.631 e. The van der Waals surface area contributed by atoms with E-state index in [0.29, 0.717) is 0 Å². The topological polar surface area (TPSA) is 139 Å². The van der Waals surface area contributed by atoms with E-state index in [0.717, 1.165) is 19.6 Å². The Kier molecular flexibility index (Phi) is 38.7. The lowest BCUT2D eigenvalue weighted by molar-refractivity contribution is 0.278. The van der Waals surface area contributed by atoms with E-state index in [9.17, 15) is 0 Å². The zero-order valence-corrected chi connectivity index (χ0v) is 21.2. The Hall–Kier alpha value is 0.476. The van der Waals surface area contributed by atoms with Crippen LogP contribution in [0.5, 0.6) is 0 Å². The lowest BCUT2D eigenvalue weighted by Crippen LogP contribution is -2.07. The lowest BCUT2D eigenvalue weighted by atomic mass is 10.3. The highest BCUT2D eigenvalue weighted by atomic mass is 28.3. The first-order valence-electron chi connectivity index (χ1n) is 9.69. The summed E-state index contributed by atoms with van der Waals surface area (Å²) < 4.78 is 0. The fourth-order valence-electron chi connectivity index (χ4n) is 1.58. The normalized spacial score (nSPS) is 9.72. The molecule has 6 nitrogen and oxygen atoms in total. The summed E-state index contributed by atoms with van der Waals surface area (Å²) in [7, 11) is -2.97. The second kappa shape index (κ2) is 29.2. The Morgan fingerprint density at radius 1 is 0.560 bits per heavy atom. The van der Waals surface area contributed by atoms with Gasteiger partial charge in [0.2, 0.25) is 0 Å². The van der Waals surface area contributed by atoms with Gasteiger partial charge < -0.3 is 32.3 Å². The van der Waals surface area contributed by atoms with E-state index < -0.39 is 7.32 Å². The maximum absolute atomic E-state index is 7.17. The molecule has 156 valence electrons. The average Bonchev–Trinajstić information content (AvgIpc) is 2.49. The molecule has 0 aliphatic heterocycles. The first-order chi connectivity index (χ1) is 11.5. The van der Waals surface area contributed by atoms with Gasteiger partial charge in [0.05, 0.1) is 0 Å². The first kappa shape index (κ1) is 33.1. The quantitative estimate of drug-likeness (QED) is 0.303. The van der Waals surface area contributed by atoms with E-state index in [2.05, 4.69) is 39.3 Å². The highest BCUT2D eigenvalue weighted by Crippen LogP contribution is 1.94. The molecule has 10 heteroatoms. The van der Waals surface area contributed by atoms with Crippen molar-refractivity contribution in [3.63, 3.8) is 0 Å². The molecule has 0 aliphatic rings. The third kappa shape index (κ3) is 79.4. The molecule has 0 fully saturated rings. The van der Waals surface area contributed by atoms with Crippen LogP contribution in [-0.4, -0.2) is 68.4 Å². The lowest BCUT2D eigenvalue weighted by Gasteiger charge is -1.97. The number of nitrogens with two attached hydrogens (primary N) is 3. The van der Waals surface area contributed by atoms with Crippen molar-refractivity contribution < 1.29 is 15.1 Å². The van der Waals surface area contributed by atoms with Crippen LogP contribution in [0.1, 0.15) is 19.3 Å². The molecule has 0 aromatic rings. The van der Waals surface area contributed by atoms with Gasteiger partial charge in [0.25, 0.3) is 0 Å². The molecule has 0 unspecified atom stereocenters. The number of hydrogen-bond donors (Lipinski definition) is 6. The molecular formula is C15H48BN3O3Si3. The fourth-order valence-corrected chi connectivity index (χ4v) is 4.73. The summed E-state index contributed by atoms with van der Waals surface area (Å²) in [4.78, 5) is 0. The third-order valence-electron chi connectivity index (χ3n) is 2.96. The summed E-state index contributed by atoms with van der Waals surface area (Å²) in [5, 5.41) is 21.5. The van der Waals surface area contributed by atoms with E-state index in [4.69, 9.17) is 32.3 Å². The van der Waals surface area contributed by atoms with Crippen molar-refractivity contribution in [3.05, 3.63) is 0 Å². The van der Waals surface area contributed by atoms with Gasteiger partial charge in [0.1, 0.15) is 0 Å². The molecule has 0 aromatic carbocycles. The van der Waals surface area contributed by atoms with Crippen molar-refractivity contribution >= 4 is 33.7 Å². The molecule has 0 spiro atoms. The molecule has 0 aromatic heterocycles. The monoisotopic (exact) mass is 413 g/mol. The Morgan fingerprint density at radius 2 is 0.720 bits per heavy atom. The third-order valence-corrected chi connectivity index (χ3v) is 7.65. The summed E-state index contributed by atoms with van der Waals surface area (Å²) in [5.74, 6) is 0. The molecular weight excluding hydrogens is 365 g/mol. The van der Waals surface area contributed by atoms with E-state index >= 15 is 0 Å². The summed E-state index contributed by atoms with van der Waals surface area (Å²) >= 11 is 0. The van der Waals surface area contributed by atoms with Gasteiger partial charge in [-0.3, -0.25) is 0 Å². The molecule has 0 saturated heterocycles. The summed E-state index contributed by atoms with van der Waals surface area (Å²) in [6, 6.07) is 4.24. The Bertz CT molecular complexity index is 188. The smallest absolute Gasteiger partial charge is 0.402 e. The van der Waals surface area contributed by atoms with Gasteiger partial charge in [-0.1, -0.05) is 57.4 Å². The van der Waals surface area contributed by atoms with Gasteiger partial charge in [-0.2, -0.15) is 0 Å². The Balaban J connectivity index is -0.000000120. The summed E-state index contributed by atoms with van der Waals surface area (Å²) in [5.41, 5.74) is 15.9. The van der Waals surface area contributed by atoms with Crippen LogP contribution in [0.4, 0.5) is 0 Å². The second-order valence-corrected chi connectivity index (χ2v) is 17.4. The zero-order valence-electron chi connectivity index (χ0n) is 17.7. The number of rotatable bonds is 9. The van der Waals surface area contributed by atoms with Crippen LogP contribution in [0.2, 0.25) is 57.4 Å². The molecule has 0 aliphatic carbocycles. The van der Waals surface area contributed by atoms with Crippen LogP contribution in [0, 0.1) is 0 Å². The molecule has 0 radical (unpaired) electrons. The van der Waals surface area contributed by atoms with Crippen molar-refractivity contribution in [1.82, 2.24) is 0 Å². The minimum Gasteiger partial charge on any atom is -0.402 e. The summed E-state index contributed by atoms with van der Waals surface area (Å²) in [6.45, 7) is 16.8. The first-order valence-corrected chi connectivity index (χ1v) is 19.1. The van der Waals surface area contributed by atoms with Gasteiger partial charge >= 0.3 is 7.32 Å². The van der Waals surface area contributed by atoms with Crippen molar-refractivity contribution in [1.29, 1.82) is 0 Å². The Morgan fingerprint density at radius 3 is 0.760 bits per heavy atom. The predicted molar refractivity (Wildman–Crippen MR) is 124 cm³/mol. The number of hydrogen-bond acceptors (Lipinski definition) is 6. The minimum atomic E-state index is -2.17. The molecule has 0 atom stereocenters. The van der Waals surface area contributed by atoms with E-state index in [1.54, 1.807) is 0 Å². The van der Waals surface area contributed by atoms with Crippen LogP contribution in [-0.2, 0) is 0 Å². The molecule has 0 heterocycles. The highest BCUT2D eigenvalue weighted by Gasteiger charge is 1.93. The fraction of sp³-hybridized carbons (Fsp3) is 1.00. The molecule has 0 rings (SSSR count). The van der Waals surface area contributed by atoms with Crippen LogP contribution >= 0.6 is 0 Å². The highest BCUT2D eigenvalue weighted by molar-refractivity contribution is 6.56. The summed E-state index contributed by atoms with van der Waals surface area (Å²) in [6.07, 6.45) is 3.72. The average molecular weight is 414 g/mol. The Labute approximate surface area is 162 Å². The maximum Gasteiger partial charge on any atom is 0.631 e. The molecule has 0 bridgehead atoms. The van der Waals surface area contributed by atoms with Crippen LogP contribution in [0.3, 0.4) is 0 Å². The van der Waals surface area contributed by atoms with Crippen LogP contribution < -0.4 is 17.2 Å². The van der Waals surface area contributed by atoms with Crippen LogP contribution in [0.25, 0.3) is 0 Å². The van der Waals surface area contributed by atoms with Gasteiger partial charge in [0.15, 0.2) is 0 Å². The van der Waals surface area contributed by atoms with E-state index in [1.807, 2.05) is 0 Å². The van der Waals surface area contributed by atoms with E-state index in [1.165, 1.54) is 37.4 Å². The van der Waals surface area contributed by atoms with Crippen molar-refractivity contribution in [2.24, 2.45) is 17.2 Å². The molecule has 9 N–H and O–H groups in total. The second-order valence-electron chi connectivity index (χ2n) is 7.32. The SMILES string of the molecule is C[SiH](C)CCCN.C[SiH](C)CCCN.C[SiH](C)CCCN.OB(O)O.